The van der Waals surface area contributed by atoms with Crippen molar-refractivity contribution < 1.29 is 9.90 Å². The number of carboxylic acid groups (broad SMARTS) is 1. The van der Waals surface area contributed by atoms with Gasteiger partial charge in [0.2, 0.25) is 0 Å². The van der Waals surface area contributed by atoms with Crippen molar-refractivity contribution in [1.29, 1.82) is 0 Å². The lowest BCUT2D eigenvalue weighted by Crippen LogP contribution is -2.56. The molecule has 1 aromatic rings. The molecule has 0 amide bonds. The third kappa shape index (κ3) is 2.82. The highest BCUT2D eigenvalue weighted by atomic mass is 16.4. The van der Waals surface area contributed by atoms with Gasteiger partial charge < -0.3 is 10.0 Å². The molecule has 2 atom stereocenters. The first-order valence-electron chi connectivity index (χ1n) is 6.31. The molecular weight excluding hydrogens is 228 g/mol. The Balaban J connectivity index is 2.13. The normalized spacial score (nSPS) is 25.1. The van der Waals surface area contributed by atoms with Gasteiger partial charge in [0.1, 0.15) is 0 Å². The second-order valence-corrected chi connectivity index (χ2v) is 5.03. The Morgan fingerprint density at radius 3 is 2.61 bits per heavy atom. The summed E-state index contributed by atoms with van der Waals surface area (Å²) in [4.78, 5) is 15.3. The number of benzene rings is 1. The van der Waals surface area contributed by atoms with Crippen LogP contribution in [0.1, 0.15) is 13.3 Å². The fraction of sp³-hybridized carbons (Fsp3) is 0.500. The highest BCUT2D eigenvalue weighted by Crippen LogP contribution is 2.23. The monoisotopic (exact) mass is 248 g/mol. The lowest BCUT2D eigenvalue weighted by molar-refractivity contribution is -0.138. The first-order chi connectivity index (χ1) is 8.58. The van der Waals surface area contributed by atoms with Gasteiger partial charge in [-0.05, 0) is 26.1 Å². The Kier molecular flexibility index (Phi) is 3.87. The molecule has 4 heteroatoms. The summed E-state index contributed by atoms with van der Waals surface area (Å²) in [6.07, 6.45) is 0.201. The van der Waals surface area contributed by atoms with Crippen LogP contribution in [0, 0.1) is 0 Å². The van der Waals surface area contributed by atoms with Gasteiger partial charge in [-0.2, -0.15) is 0 Å². The Hall–Kier alpha value is -1.55. The predicted octanol–water partition coefficient (Wildman–Crippen LogP) is 1.67. The van der Waals surface area contributed by atoms with Crippen LogP contribution in [-0.4, -0.2) is 48.2 Å². The van der Waals surface area contributed by atoms with Crippen LogP contribution in [0.4, 0.5) is 5.69 Å². The van der Waals surface area contributed by atoms with E-state index < -0.39 is 5.97 Å². The number of rotatable bonds is 3. The number of hydrogen-bond acceptors (Lipinski definition) is 3. The molecule has 0 unspecified atom stereocenters. The van der Waals surface area contributed by atoms with Crippen LogP contribution in [0.2, 0.25) is 0 Å². The molecular formula is C14H20N2O2. The van der Waals surface area contributed by atoms with E-state index in [9.17, 15) is 4.79 Å². The zero-order valence-corrected chi connectivity index (χ0v) is 10.9. The number of carboxylic acids is 1. The molecule has 98 valence electrons. The number of nitrogens with zero attached hydrogens (tertiary/aromatic N) is 2. The molecule has 1 saturated heterocycles. The number of hydrogen-bond donors (Lipinski definition) is 1. The van der Waals surface area contributed by atoms with Gasteiger partial charge in [0, 0.05) is 30.9 Å². The minimum atomic E-state index is -0.727. The Labute approximate surface area is 108 Å². The summed E-state index contributed by atoms with van der Waals surface area (Å²) >= 11 is 0. The summed E-state index contributed by atoms with van der Waals surface area (Å²) in [7, 11) is 2.01. The van der Waals surface area contributed by atoms with Gasteiger partial charge in [0.15, 0.2) is 0 Å². The van der Waals surface area contributed by atoms with Crippen molar-refractivity contribution >= 4 is 11.7 Å². The highest BCUT2D eigenvalue weighted by Gasteiger charge is 2.30. The molecule has 1 heterocycles. The molecule has 1 N–H and O–H groups in total. The van der Waals surface area contributed by atoms with Gasteiger partial charge in [-0.25, -0.2) is 0 Å². The van der Waals surface area contributed by atoms with E-state index in [1.54, 1.807) is 0 Å². The van der Waals surface area contributed by atoms with Crippen LogP contribution in [0.15, 0.2) is 30.3 Å². The second-order valence-electron chi connectivity index (χ2n) is 5.03. The van der Waals surface area contributed by atoms with Gasteiger partial charge in [-0.3, -0.25) is 9.69 Å². The maximum atomic E-state index is 10.9. The van der Waals surface area contributed by atoms with E-state index in [4.69, 9.17) is 5.11 Å². The van der Waals surface area contributed by atoms with Crippen molar-refractivity contribution in [1.82, 2.24) is 4.90 Å². The third-order valence-corrected chi connectivity index (χ3v) is 3.61. The SMILES string of the molecule is C[C@@H]1CN(C)[C@H](CC(=O)O)CN1c1ccccc1. The van der Waals surface area contributed by atoms with Crippen molar-refractivity contribution in [2.24, 2.45) is 0 Å². The lowest BCUT2D eigenvalue weighted by Gasteiger charge is -2.44. The molecule has 0 saturated carbocycles. The van der Waals surface area contributed by atoms with Crippen molar-refractivity contribution in [3.8, 4) is 0 Å². The molecule has 0 bridgehead atoms. The van der Waals surface area contributed by atoms with Gasteiger partial charge >= 0.3 is 5.97 Å². The molecule has 0 spiro atoms. The van der Waals surface area contributed by atoms with Crippen LogP contribution < -0.4 is 4.90 Å². The molecule has 0 aliphatic carbocycles. The third-order valence-electron chi connectivity index (χ3n) is 3.61. The van der Waals surface area contributed by atoms with E-state index >= 15 is 0 Å². The maximum absolute atomic E-state index is 10.9. The van der Waals surface area contributed by atoms with E-state index in [1.807, 2.05) is 25.2 Å². The second kappa shape index (κ2) is 5.40. The van der Waals surface area contributed by atoms with E-state index in [1.165, 1.54) is 5.69 Å². The Morgan fingerprint density at radius 1 is 1.33 bits per heavy atom. The molecule has 4 nitrogen and oxygen atoms in total. The lowest BCUT2D eigenvalue weighted by atomic mass is 10.0. The van der Waals surface area contributed by atoms with Crippen LogP contribution in [0.25, 0.3) is 0 Å². The number of aliphatic carboxylic acids is 1. The van der Waals surface area contributed by atoms with Crippen molar-refractivity contribution in [3.05, 3.63) is 30.3 Å². The average molecular weight is 248 g/mol. The van der Waals surface area contributed by atoms with Crippen LogP contribution in [0.3, 0.4) is 0 Å². The maximum Gasteiger partial charge on any atom is 0.305 e. The quantitative estimate of drug-likeness (QED) is 0.883. The summed E-state index contributed by atoms with van der Waals surface area (Å²) in [6.45, 7) is 3.85. The van der Waals surface area contributed by atoms with E-state index in [0.29, 0.717) is 6.04 Å². The summed E-state index contributed by atoms with van der Waals surface area (Å²) in [5, 5.41) is 8.96. The topological polar surface area (TPSA) is 43.8 Å². The zero-order valence-electron chi connectivity index (χ0n) is 10.9. The van der Waals surface area contributed by atoms with Gasteiger partial charge in [-0.15, -0.1) is 0 Å². The Bertz CT molecular complexity index is 408. The van der Waals surface area contributed by atoms with Crippen molar-refractivity contribution in [2.75, 3.05) is 25.0 Å². The molecule has 1 fully saturated rings. The van der Waals surface area contributed by atoms with Gasteiger partial charge in [0.05, 0.1) is 6.42 Å². The first kappa shape index (κ1) is 12.9. The largest absolute Gasteiger partial charge is 0.481 e. The molecule has 1 aliphatic heterocycles. The van der Waals surface area contributed by atoms with E-state index in [-0.39, 0.29) is 12.5 Å². The smallest absolute Gasteiger partial charge is 0.305 e. The summed E-state index contributed by atoms with van der Waals surface area (Å²) in [6, 6.07) is 10.7. The predicted molar refractivity (Wildman–Crippen MR) is 71.9 cm³/mol. The summed E-state index contributed by atoms with van der Waals surface area (Å²) in [5.41, 5.74) is 1.17. The number of anilines is 1. The van der Waals surface area contributed by atoms with Gasteiger partial charge in [-0.1, -0.05) is 18.2 Å². The van der Waals surface area contributed by atoms with Gasteiger partial charge in [0.25, 0.3) is 0 Å². The number of para-hydroxylation sites is 1. The minimum absolute atomic E-state index is 0.0823. The number of likely N-dealkylation sites (N-methyl/N-ethyl adjacent to an activating group) is 1. The molecule has 1 aliphatic rings. The van der Waals surface area contributed by atoms with E-state index in [2.05, 4.69) is 28.9 Å². The van der Waals surface area contributed by atoms with Crippen molar-refractivity contribution in [2.45, 2.75) is 25.4 Å². The first-order valence-corrected chi connectivity index (χ1v) is 6.31. The van der Waals surface area contributed by atoms with Crippen LogP contribution in [-0.2, 0) is 4.79 Å². The number of piperazine rings is 1. The molecule has 18 heavy (non-hydrogen) atoms. The molecule has 0 aromatic heterocycles. The fourth-order valence-electron chi connectivity index (χ4n) is 2.61. The van der Waals surface area contributed by atoms with Crippen LogP contribution in [0.5, 0.6) is 0 Å². The summed E-state index contributed by atoms with van der Waals surface area (Å²) < 4.78 is 0. The highest BCUT2D eigenvalue weighted by molar-refractivity contribution is 5.67. The zero-order chi connectivity index (χ0) is 13.1. The molecule has 1 aromatic carbocycles. The minimum Gasteiger partial charge on any atom is -0.481 e. The average Bonchev–Trinajstić information content (AvgIpc) is 2.33. The summed E-state index contributed by atoms with van der Waals surface area (Å²) in [5.74, 6) is -0.727. The molecule has 2 rings (SSSR count). The van der Waals surface area contributed by atoms with E-state index in [0.717, 1.165) is 13.1 Å². The standard InChI is InChI=1S/C14H20N2O2/c1-11-9-15(2)13(8-14(17)18)10-16(11)12-6-4-3-5-7-12/h3-7,11,13H,8-10H2,1-2H3,(H,17,18)/t11-,13-/m1/s1. The van der Waals surface area contributed by atoms with Crippen LogP contribution >= 0.6 is 0 Å². The molecule has 0 radical (unpaired) electrons. The van der Waals surface area contributed by atoms with Crippen molar-refractivity contribution in [3.63, 3.8) is 0 Å². The fourth-order valence-corrected chi connectivity index (χ4v) is 2.61. The Morgan fingerprint density at radius 2 is 2.00 bits per heavy atom. The number of carbonyl (C=O) groups is 1.